The summed E-state index contributed by atoms with van der Waals surface area (Å²) in [5.74, 6) is -2.87. The number of nitrogens with two attached hydrogens (primary N) is 2. The van der Waals surface area contributed by atoms with Gasteiger partial charge in [-0.2, -0.15) is 4.72 Å². The third-order valence-electron chi connectivity index (χ3n) is 7.43. The Morgan fingerprint density at radius 1 is 0.851 bits per heavy atom. The molecular weight excluding hydrogens is 622 g/mol. The number of rotatable bonds is 17. The van der Waals surface area contributed by atoms with Crippen LogP contribution in [0.15, 0.2) is 76.6 Å². The van der Waals surface area contributed by atoms with Gasteiger partial charge in [0.05, 0.1) is 4.90 Å². The van der Waals surface area contributed by atoms with Gasteiger partial charge in [0.25, 0.3) is 0 Å². The molecule has 13 nitrogen and oxygen atoms in total. The number of guanidine groups is 1. The van der Waals surface area contributed by atoms with Crippen LogP contribution in [0.25, 0.3) is 10.8 Å². The molecule has 8 N–H and O–H groups in total. The van der Waals surface area contributed by atoms with E-state index in [4.69, 9.17) is 11.5 Å². The smallest absolute Gasteiger partial charge is 0.326 e. The highest BCUT2D eigenvalue weighted by atomic mass is 32.2. The van der Waals surface area contributed by atoms with Crippen molar-refractivity contribution in [3.63, 3.8) is 0 Å². The SMILES string of the molecule is CC(C)C[C@H](NC(=O)[C@H](Cc1ccccc1)NS(=O)(=O)c1cccc2c(N(C)C)cccc12)C(=O)N[C@@H](CCCN=C(N)N)C(=O)O. The van der Waals surface area contributed by atoms with Gasteiger partial charge in [-0.05, 0) is 49.3 Å². The molecule has 14 heteroatoms. The molecule has 0 aliphatic heterocycles. The molecule has 3 rings (SSSR count). The first-order valence-corrected chi connectivity index (χ1v) is 16.8. The molecule has 0 saturated heterocycles. The molecule has 0 fully saturated rings. The van der Waals surface area contributed by atoms with E-state index in [2.05, 4.69) is 20.3 Å². The van der Waals surface area contributed by atoms with Crippen molar-refractivity contribution in [2.24, 2.45) is 22.4 Å². The van der Waals surface area contributed by atoms with Crippen LogP contribution in [0.5, 0.6) is 0 Å². The minimum Gasteiger partial charge on any atom is -0.480 e. The summed E-state index contributed by atoms with van der Waals surface area (Å²) in [5, 5.41) is 16.1. The van der Waals surface area contributed by atoms with Crippen molar-refractivity contribution in [3.8, 4) is 0 Å². The summed E-state index contributed by atoms with van der Waals surface area (Å²) < 4.78 is 30.5. The maximum atomic E-state index is 13.9. The summed E-state index contributed by atoms with van der Waals surface area (Å²) >= 11 is 0. The lowest BCUT2D eigenvalue weighted by Gasteiger charge is -2.26. The highest BCUT2D eigenvalue weighted by Crippen LogP contribution is 2.30. The first-order valence-electron chi connectivity index (χ1n) is 15.3. The number of aliphatic carboxylic acids is 1. The first kappa shape index (κ1) is 36.8. The van der Waals surface area contributed by atoms with Crippen molar-refractivity contribution < 1.29 is 27.9 Å². The molecule has 254 valence electrons. The molecule has 0 aromatic heterocycles. The second kappa shape index (κ2) is 16.7. The topological polar surface area (TPSA) is 209 Å². The van der Waals surface area contributed by atoms with E-state index >= 15 is 0 Å². The monoisotopic (exact) mass is 667 g/mol. The van der Waals surface area contributed by atoms with Gasteiger partial charge < -0.3 is 32.1 Å². The molecule has 0 saturated carbocycles. The molecule has 0 bridgehead atoms. The summed E-state index contributed by atoms with van der Waals surface area (Å²) in [6.45, 7) is 3.88. The summed E-state index contributed by atoms with van der Waals surface area (Å²) in [7, 11) is -0.529. The fourth-order valence-corrected chi connectivity index (χ4v) is 6.60. The van der Waals surface area contributed by atoms with Gasteiger partial charge >= 0.3 is 5.97 Å². The summed E-state index contributed by atoms with van der Waals surface area (Å²) in [5.41, 5.74) is 12.2. The Kier molecular flexibility index (Phi) is 13.1. The van der Waals surface area contributed by atoms with Gasteiger partial charge in [0.15, 0.2) is 5.96 Å². The number of nitrogens with zero attached hydrogens (tertiary/aromatic N) is 2. The summed E-state index contributed by atoms with van der Waals surface area (Å²) in [4.78, 5) is 44.9. The zero-order valence-electron chi connectivity index (χ0n) is 27.1. The summed E-state index contributed by atoms with van der Waals surface area (Å²) in [6.07, 6.45) is 0.524. The zero-order valence-corrected chi connectivity index (χ0v) is 28.0. The van der Waals surface area contributed by atoms with Crippen LogP contribution in [0, 0.1) is 5.92 Å². The summed E-state index contributed by atoms with van der Waals surface area (Å²) in [6, 6.07) is 15.6. The van der Waals surface area contributed by atoms with Crippen molar-refractivity contribution in [2.75, 3.05) is 25.5 Å². The van der Waals surface area contributed by atoms with Crippen LogP contribution in [0.2, 0.25) is 0 Å². The first-order chi connectivity index (χ1) is 22.2. The number of fused-ring (bicyclic) bond motifs is 1. The second-order valence-corrected chi connectivity index (χ2v) is 13.6. The van der Waals surface area contributed by atoms with E-state index in [0.717, 1.165) is 11.1 Å². The largest absolute Gasteiger partial charge is 0.480 e. The zero-order chi connectivity index (χ0) is 34.7. The number of carboxylic acid groups (broad SMARTS) is 1. The maximum Gasteiger partial charge on any atom is 0.326 e. The van der Waals surface area contributed by atoms with E-state index in [1.807, 2.05) is 45.0 Å². The number of hydrogen-bond donors (Lipinski definition) is 6. The Morgan fingerprint density at radius 3 is 2.09 bits per heavy atom. The molecule has 2 amide bonds. The Bertz CT molecular complexity index is 1680. The molecule has 0 radical (unpaired) electrons. The third-order valence-corrected chi connectivity index (χ3v) is 8.96. The predicted octanol–water partition coefficient (Wildman–Crippen LogP) is 1.95. The van der Waals surface area contributed by atoms with Crippen molar-refractivity contribution in [2.45, 2.75) is 62.6 Å². The van der Waals surface area contributed by atoms with E-state index in [1.54, 1.807) is 48.5 Å². The van der Waals surface area contributed by atoms with Gasteiger partial charge in [-0.25, -0.2) is 13.2 Å². The molecule has 0 aliphatic carbocycles. The standard InChI is InChI=1S/C33H45N7O6S/c1-21(2)19-26(30(41)37-25(32(43)44)15-10-18-36-33(34)35)38-31(42)27(20-22-11-6-5-7-12-22)39-47(45,46)29-17-9-13-23-24(29)14-8-16-28(23)40(3)4/h5-9,11-14,16-17,21,25-27,39H,10,15,18-20H2,1-4H3,(H,37,41)(H,38,42)(H,43,44)(H4,34,35,36)/t25-,26-,27-/m0/s1. The van der Waals surface area contributed by atoms with E-state index < -0.39 is 45.9 Å². The maximum absolute atomic E-state index is 13.9. The van der Waals surface area contributed by atoms with E-state index in [9.17, 15) is 27.9 Å². The molecule has 0 spiro atoms. The number of carboxylic acids is 1. The lowest BCUT2D eigenvalue weighted by Crippen LogP contribution is -2.56. The average molecular weight is 668 g/mol. The van der Waals surface area contributed by atoms with Crippen molar-refractivity contribution in [3.05, 3.63) is 72.3 Å². The molecular formula is C33H45N7O6S. The number of aliphatic imine (C=N–C) groups is 1. The molecule has 3 aromatic carbocycles. The number of nitrogens with one attached hydrogen (secondary N) is 3. The van der Waals surface area contributed by atoms with Crippen LogP contribution < -0.4 is 31.7 Å². The number of carbonyl (C=O) groups excluding carboxylic acids is 2. The minimum absolute atomic E-state index is 0.00181. The predicted molar refractivity (Wildman–Crippen MR) is 183 cm³/mol. The number of hydrogen-bond acceptors (Lipinski definition) is 7. The van der Waals surface area contributed by atoms with Crippen LogP contribution >= 0.6 is 0 Å². The van der Waals surface area contributed by atoms with E-state index in [1.165, 1.54) is 6.07 Å². The molecule has 47 heavy (non-hydrogen) atoms. The average Bonchev–Trinajstić information content (AvgIpc) is 3.00. The number of benzene rings is 3. The lowest BCUT2D eigenvalue weighted by atomic mass is 10.0. The van der Waals surface area contributed by atoms with Crippen molar-refractivity contribution >= 4 is 50.2 Å². The third kappa shape index (κ3) is 10.7. The Labute approximate surface area is 275 Å². The highest BCUT2D eigenvalue weighted by molar-refractivity contribution is 7.89. The Morgan fingerprint density at radius 2 is 1.47 bits per heavy atom. The Balaban J connectivity index is 1.91. The van der Waals surface area contributed by atoms with Crippen LogP contribution in [0.4, 0.5) is 5.69 Å². The van der Waals surface area contributed by atoms with Crippen molar-refractivity contribution in [1.82, 2.24) is 15.4 Å². The van der Waals surface area contributed by atoms with Gasteiger partial charge in [0.1, 0.15) is 18.1 Å². The molecule has 0 unspecified atom stereocenters. The normalized spacial score (nSPS) is 13.4. The van der Waals surface area contributed by atoms with Gasteiger partial charge in [-0.3, -0.25) is 14.6 Å². The molecule has 0 aliphatic rings. The van der Waals surface area contributed by atoms with Gasteiger partial charge in [-0.15, -0.1) is 0 Å². The van der Waals surface area contributed by atoms with Crippen molar-refractivity contribution in [1.29, 1.82) is 0 Å². The minimum atomic E-state index is -4.26. The molecule has 0 heterocycles. The molecule has 3 atom stereocenters. The highest BCUT2D eigenvalue weighted by Gasteiger charge is 2.32. The number of sulfonamides is 1. The second-order valence-electron chi connectivity index (χ2n) is 11.9. The van der Waals surface area contributed by atoms with Gasteiger partial charge in [-0.1, -0.05) is 68.4 Å². The molecule has 3 aromatic rings. The Hall–Kier alpha value is -4.69. The quantitative estimate of drug-likeness (QED) is 0.0705. The number of amides is 2. The van der Waals surface area contributed by atoms with Crippen LogP contribution in [-0.2, 0) is 30.8 Å². The van der Waals surface area contributed by atoms with Crippen LogP contribution in [0.3, 0.4) is 0 Å². The fourth-order valence-electron chi connectivity index (χ4n) is 5.19. The van der Waals surface area contributed by atoms with Crippen LogP contribution in [-0.4, -0.2) is 76.0 Å². The number of carbonyl (C=O) groups is 3. The van der Waals surface area contributed by atoms with E-state index in [0.29, 0.717) is 17.4 Å². The fraction of sp³-hybridized carbons (Fsp3) is 0.394. The van der Waals surface area contributed by atoms with Gasteiger partial charge in [0.2, 0.25) is 21.8 Å². The van der Waals surface area contributed by atoms with Crippen LogP contribution in [0.1, 0.15) is 38.7 Å². The van der Waals surface area contributed by atoms with Gasteiger partial charge in [0, 0.05) is 37.1 Å². The lowest BCUT2D eigenvalue weighted by molar-refractivity contribution is -0.142. The van der Waals surface area contributed by atoms with E-state index in [-0.39, 0.29) is 42.6 Å². The number of anilines is 1.